The highest BCUT2D eigenvalue weighted by Crippen LogP contribution is 2.29. The van der Waals surface area contributed by atoms with Crippen LogP contribution >= 0.6 is 0 Å². The van der Waals surface area contributed by atoms with E-state index in [4.69, 9.17) is 4.74 Å². The molecule has 0 aliphatic carbocycles. The van der Waals surface area contributed by atoms with Gasteiger partial charge in [-0.3, -0.25) is 0 Å². The molecule has 0 saturated carbocycles. The molecule has 1 aromatic rings. The number of ether oxygens (including phenoxy) is 1. The molecular weight excluding hydrogens is 244 g/mol. The molecule has 2 heterocycles. The number of nitrogens with one attached hydrogen (secondary N) is 2. The Labute approximate surface area is 112 Å². The zero-order valence-electron chi connectivity index (χ0n) is 10.9. The number of aliphatic hydroxyl groups excluding tert-OH is 1. The minimum atomic E-state index is -0.229. The predicted molar refractivity (Wildman–Crippen MR) is 69.9 cm³/mol. The summed E-state index contributed by atoms with van der Waals surface area (Å²) >= 11 is 0. The van der Waals surface area contributed by atoms with Gasteiger partial charge in [0.2, 0.25) is 0 Å². The lowest BCUT2D eigenvalue weighted by atomic mass is 9.93. The Bertz CT molecular complexity index is 516. The molecule has 3 rings (SSSR count). The van der Waals surface area contributed by atoms with Gasteiger partial charge in [-0.05, 0) is 24.1 Å². The Hall–Kier alpha value is -1.43. The molecule has 2 atom stereocenters. The second kappa shape index (κ2) is 4.92. The van der Waals surface area contributed by atoms with Gasteiger partial charge in [-0.25, -0.2) is 4.79 Å². The lowest BCUT2D eigenvalue weighted by Gasteiger charge is -2.32. The molecule has 1 fully saturated rings. The number of benzene rings is 1. The minimum absolute atomic E-state index is 0.0734. The fourth-order valence-corrected chi connectivity index (χ4v) is 2.87. The number of hydrogen-bond donors (Lipinski definition) is 3. The molecule has 102 valence electrons. The second-order valence-corrected chi connectivity index (χ2v) is 5.14. The van der Waals surface area contributed by atoms with Gasteiger partial charge in [-0.2, -0.15) is 0 Å². The van der Waals surface area contributed by atoms with Crippen molar-refractivity contribution in [3.63, 3.8) is 0 Å². The standard InChI is InChI=1S/C14H18N2O3/c1-8-10(13-5-15-4-9(6-17)16-13)2-3-11-12(8)7-19-14(11)18/h2-3,9,13,15-17H,4-7H2,1H3. The van der Waals surface area contributed by atoms with Crippen molar-refractivity contribution in [2.24, 2.45) is 0 Å². The number of fused-ring (bicyclic) bond motifs is 1. The Kier molecular flexibility index (Phi) is 3.26. The third-order valence-electron chi connectivity index (χ3n) is 3.98. The fourth-order valence-electron chi connectivity index (χ4n) is 2.87. The van der Waals surface area contributed by atoms with Gasteiger partial charge in [-0.15, -0.1) is 0 Å². The van der Waals surface area contributed by atoms with Crippen LogP contribution in [0.3, 0.4) is 0 Å². The van der Waals surface area contributed by atoms with Gasteiger partial charge >= 0.3 is 5.97 Å². The van der Waals surface area contributed by atoms with Crippen molar-refractivity contribution in [2.45, 2.75) is 25.6 Å². The number of hydrogen-bond acceptors (Lipinski definition) is 5. The number of esters is 1. The molecule has 3 N–H and O–H groups in total. The lowest BCUT2D eigenvalue weighted by molar-refractivity contribution is 0.0535. The van der Waals surface area contributed by atoms with E-state index in [0.29, 0.717) is 12.2 Å². The molecule has 2 unspecified atom stereocenters. The first kappa shape index (κ1) is 12.6. The van der Waals surface area contributed by atoms with Crippen LogP contribution in [0, 0.1) is 6.92 Å². The average molecular weight is 262 g/mol. The molecule has 5 heteroatoms. The van der Waals surface area contributed by atoms with Gasteiger partial charge in [0.1, 0.15) is 6.61 Å². The van der Waals surface area contributed by atoms with E-state index >= 15 is 0 Å². The molecule has 0 bridgehead atoms. The summed E-state index contributed by atoms with van der Waals surface area (Å²) in [6.45, 7) is 4.12. The summed E-state index contributed by atoms with van der Waals surface area (Å²) in [6, 6.07) is 4.06. The smallest absolute Gasteiger partial charge is 0.338 e. The first-order valence-electron chi connectivity index (χ1n) is 6.58. The van der Waals surface area contributed by atoms with Crippen molar-refractivity contribution in [3.05, 3.63) is 34.4 Å². The fraction of sp³-hybridized carbons (Fsp3) is 0.500. The third kappa shape index (κ3) is 2.14. The van der Waals surface area contributed by atoms with E-state index in [0.717, 1.165) is 24.2 Å². The Morgan fingerprint density at radius 2 is 2.26 bits per heavy atom. The summed E-state index contributed by atoms with van der Waals surface area (Å²) in [5.41, 5.74) is 3.96. The molecule has 0 radical (unpaired) electrons. The maximum Gasteiger partial charge on any atom is 0.338 e. The van der Waals surface area contributed by atoms with Crippen LogP contribution in [0.15, 0.2) is 12.1 Å². The van der Waals surface area contributed by atoms with E-state index in [2.05, 4.69) is 10.6 Å². The summed E-state index contributed by atoms with van der Waals surface area (Å²) < 4.78 is 5.07. The molecule has 5 nitrogen and oxygen atoms in total. The first-order chi connectivity index (χ1) is 9.20. The Morgan fingerprint density at radius 3 is 3.05 bits per heavy atom. The molecule has 19 heavy (non-hydrogen) atoms. The van der Waals surface area contributed by atoms with Gasteiger partial charge in [0.05, 0.1) is 12.2 Å². The van der Waals surface area contributed by atoms with E-state index in [1.54, 1.807) is 0 Å². The van der Waals surface area contributed by atoms with Crippen molar-refractivity contribution in [1.29, 1.82) is 0 Å². The number of aliphatic hydroxyl groups is 1. The first-order valence-corrected chi connectivity index (χ1v) is 6.58. The maximum absolute atomic E-state index is 11.5. The number of piperazine rings is 1. The van der Waals surface area contributed by atoms with Crippen LogP contribution in [-0.4, -0.2) is 36.8 Å². The van der Waals surface area contributed by atoms with Crippen LogP contribution < -0.4 is 10.6 Å². The number of rotatable bonds is 2. The van der Waals surface area contributed by atoms with E-state index in [1.165, 1.54) is 5.56 Å². The molecule has 0 amide bonds. The predicted octanol–water partition coefficient (Wildman–Crippen LogP) is 0.260. The van der Waals surface area contributed by atoms with Gasteiger partial charge < -0.3 is 20.5 Å². The minimum Gasteiger partial charge on any atom is -0.457 e. The van der Waals surface area contributed by atoms with Crippen molar-refractivity contribution >= 4 is 5.97 Å². The van der Waals surface area contributed by atoms with Crippen LogP contribution in [0.1, 0.15) is 33.1 Å². The van der Waals surface area contributed by atoms with Crippen LogP contribution in [0.2, 0.25) is 0 Å². The van der Waals surface area contributed by atoms with Crippen molar-refractivity contribution < 1.29 is 14.6 Å². The highest BCUT2D eigenvalue weighted by atomic mass is 16.5. The quantitative estimate of drug-likeness (QED) is 0.667. The van der Waals surface area contributed by atoms with Crippen LogP contribution in [0.5, 0.6) is 0 Å². The second-order valence-electron chi connectivity index (χ2n) is 5.14. The van der Waals surface area contributed by atoms with Crippen molar-refractivity contribution in [2.75, 3.05) is 19.7 Å². The normalized spacial score (nSPS) is 26.1. The van der Waals surface area contributed by atoms with E-state index in [1.807, 2.05) is 19.1 Å². The molecular formula is C14H18N2O3. The molecule has 2 aliphatic rings. The highest BCUT2D eigenvalue weighted by molar-refractivity contribution is 5.93. The number of cyclic esters (lactones) is 1. The van der Waals surface area contributed by atoms with E-state index in [-0.39, 0.29) is 24.7 Å². The summed E-state index contributed by atoms with van der Waals surface area (Å²) in [5.74, 6) is -0.229. The molecule has 1 aromatic carbocycles. The van der Waals surface area contributed by atoms with Crippen molar-refractivity contribution in [1.82, 2.24) is 10.6 Å². The van der Waals surface area contributed by atoms with Gasteiger partial charge in [0.25, 0.3) is 0 Å². The zero-order valence-corrected chi connectivity index (χ0v) is 10.9. The Morgan fingerprint density at radius 1 is 1.42 bits per heavy atom. The van der Waals surface area contributed by atoms with Crippen molar-refractivity contribution in [3.8, 4) is 0 Å². The largest absolute Gasteiger partial charge is 0.457 e. The highest BCUT2D eigenvalue weighted by Gasteiger charge is 2.28. The van der Waals surface area contributed by atoms with E-state index < -0.39 is 0 Å². The molecule has 0 aromatic heterocycles. The third-order valence-corrected chi connectivity index (χ3v) is 3.98. The molecule has 0 spiro atoms. The SMILES string of the molecule is Cc1c(C2CNCC(CO)N2)ccc2c1COC2=O. The van der Waals surface area contributed by atoms with Gasteiger partial charge in [-0.1, -0.05) is 6.07 Å². The molecule has 2 aliphatic heterocycles. The number of carbonyl (C=O) groups excluding carboxylic acids is 1. The summed E-state index contributed by atoms with van der Waals surface area (Å²) in [4.78, 5) is 11.5. The topological polar surface area (TPSA) is 70.6 Å². The summed E-state index contributed by atoms with van der Waals surface area (Å²) in [7, 11) is 0. The average Bonchev–Trinajstić information content (AvgIpc) is 2.82. The van der Waals surface area contributed by atoms with Gasteiger partial charge in [0, 0.05) is 30.7 Å². The summed E-state index contributed by atoms with van der Waals surface area (Å²) in [5, 5.41) is 16.0. The molecule has 1 saturated heterocycles. The van der Waals surface area contributed by atoms with Crippen LogP contribution in [0.4, 0.5) is 0 Å². The van der Waals surface area contributed by atoms with Crippen LogP contribution in [-0.2, 0) is 11.3 Å². The van der Waals surface area contributed by atoms with Crippen LogP contribution in [0.25, 0.3) is 0 Å². The van der Waals surface area contributed by atoms with E-state index in [9.17, 15) is 9.90 Å². The zero-order chi connectivity index (χ0) is 13.4. The number of carbonyl (C=O) groups is 1. The Balaban J connectivity index is 1.91. The van der Waals surface area contributed by atoms with Gasteiger partial charge in [0.15, 0.2) is 0 Å². The summed E-state index contributed by atoms with van der Waals surface area (Å²) in [6.07, 6.45) is 0. The monoisotopic (exact) mass is 262 g/mol. The maximum atomic E-state index is 11.5. The lowest BCUT2D eigenvalue weighted by Crippen LogP contribution is -2.52.